The number of benzene rings is 2. The number of hydrogen-bond acceptors (Lipinski definition) is 6. The molecule has 1 aliphatic heterocycles. The molecule has 2 aromatic carbocycles. The normalized spacial score (nSPS) is 13.5. The van der Waals surface area contributed by atoms with Crippen LogP contribution in [-0.2, 0) is 11.4 Å². The number of carbonyl (C=O) groups excluding carboxylic acids is 2. The van der Waals surface area contributed by atoms with Gasteiger partial charge in [0.1, 0.15) is 5.75 Å². The van der Waals surface area contributed by atoms with Crippen molar-refractivity contribution in [1.82, 2.24) is 10.1 Å². The van der Waals surface area contributed by atoms with E-state index in [0.717, 1.165) is 24.2 Å². The molecule has 2 heterocycles. The summed E-state index contributed by atoms with van der Waals surface area (Å²) < 4.78 is 10.7. The van der Waals surface area contributed by atoms with Crippen LogP contribution in [0.2, 0.25) is 0 Å². The molecule has 1 saturated heterocycles. The molecule has 1 N–H and O–H groups in total. The Labute approximate surface area is 173 Å². The van der Waals surface area contributed by atoms with Gasteiger partial charge in [-0.05, 0) is 49.2 Å². The zero-order valence-corrected chi connectivity index (χ0v) is 16.8. The van der Waals surface area contributed by atoms with Crippen molar-refractivity contribution >= 4 is 23.2 Å². The van der Waals surface area contributed by atoms with Gasteiger partial charge < -0.3 is 19.5 Å². The van der Waals surface area contributed by atoms with E-state index in [1.54, 1.807) is 42.2 Å². The van der Waals surface area contributed by atoms with Gasteiger partial charge in [-0.15, -0.1) is 0 Å². The largest absolute Gasteiger partial charge is 0.485 e. The van der Waals surface area contributed by atoms with Crippen LogP contribution < -0.4 is 15.0 Å². The summed E-state index contributed by atoms with van der Waals surface area (Å²) in [7, 11) is 0. The van der Waals surface area contributed by atoms with Crippen LogP contribution in [-0.4, -0.2) is 28.5 Å². The minimum absolute atomic E-state index is 0.0965. The third-order valence-corrected chi connectivity index (χ3v) is 4.88. The van der Waals surface area contributed by atoms with Crippen LogP contribution in [0.15, 0.2) is 47.0 Å². The van der Waals surface area contributed by atoms with Gasteiger partial charge in [0, 0.05) is 31.3 Å². The second-order valence-electron chi connectivity index (χ2n) is 7.12. The zero-order valence-electron chi connectivity index (χ0n) is 16.8. The van der Waals surface area contributed by atoms with E-state index in [2.05, 4.69) is 15.5 Å². The van der Waals surface area contributed by atoms with Crippen LogP contribution >= 0.6 is 0 Å². The second kappa shape index (κ2) is 8.36. The highest BCUT2D eigenvalue weighted by Crippen LogP contribution is 2.28. The summed E-state index contributed by atoms with van der Waals surface area (Å²) in [5.41, 5.74) is 2.86. The van der Waals surface area contributed by atoms with Crippen LogP contribution in [0.5, 0.6) is 5.75 Å². The molecular weight excluding hydrogens is 384 g/mol. The lowest BCUT2D eigenvalue weighted by atomic mass is 10.1. The quantitative estimate of drug-likeness (QED) is 0.671. The van der Waals surface area contributed by atoms with Gasteiger partial charge in [-0.3, -0.25) is 9.59 Å². The summed E-state index contributed by atoms with van der Waals surface area (Å²) in [6.45, 7) is 4.46. The Morgan fingerprint density at radius 1 is 1.23 bits per heavy atom. The topological polar surface area (TPSA) is 97.6 Å². The van der Waals surface area contributed by atoms with Gasteiger partial charge in [0.25, 0.3) is 5.91 Å². The van der Waals surface area contributed by atoms with E-state index in [1.807, 2.05) is 19.1 Å². The molecule has 0 unspecified atom stereocenters. The zero-order chi connectivity index (χ0) is 21.1. The lowest BCUT2D eigenvalue weighted by molar-refractivity contribution is -0.117. The molecule has 4 rings (SSSR count). The van der Waals surface area contributed by atoms with Crippen LogP contribution in [0.25, 0.3) is 0 Å². The molecular formula is C22H22N4O4. The van der Waals surface area contributed by atoms with Gasteiger partial charge in [0.2, 0.25) is 17.6 Å². The van der Waals surface area contributed by atoms with E-state index >= 15 is 0 Å². The third-order valence-electron chi connectivity index (χ3n) is 4.88. The number of aryl methyl sites for hydroxylation is 2. The van der Waals surface area contributed by atoms with Gasteiger partial charge >= 0.3 is 0 Å². The Bertz CT molecular complexity index is 1090. The second-order valence-corrected chi connectivity index (χ2v) is 7.12. The first-order valence-electron chi connectivity index (χ1n) is 9.74. The van der Waals surface area contributed by atoms with Crippen molar-refractivity contribution in [2.24, 2.45) is 0 Å². The van der Waals surface area contributed by atoms with Crippen molar-refractivity contribution in [3.05, 3.63) is 65.3 Å². The number of rotatable bonds is 6. The minimum Gasteiger partial charge on any atom is -0.485 e. The summed E-state index contributed by atoms with van der Waals surface area (Å²) in [6.07, 6.45) is 1.45. The van der Waals surface area contributed by atoms with Crippen molar-refractivity contribution in [1.29, 1.82) is 0 Å². The molecule has 0 aliphatic carbocycles. The van der Waals surface area contributed by atoms with Crippen molar-refractivity contribution < 1.29 is 18.8 Å². The fourth-order valence-electron chi connectivity index (χ4n) is 3.46. The Morgan fingerprint density at radius 2 is 2.07 bits per heavy atom. The van der Waals surface area contributed by atoms with Crippen molar-refractivity contribution in [3.63, 3.8) is 0 Å². The van der Waals surface area contributed by atoms with Crippen LogP contribution in [0.4, 0.5) is 11.4 Å². The maximum absolute atomic E-state index is 12.8. The van der Waals surface area contributed by atoms with Crippen LogP contribution in [0.3, 0.4) is 0 Å². The van der Waals surface area contributed by atoms with Crippen LogP contribution in [0.1, 0.15) is 40.5 Å². The number of nitrogens with one attached hydrogen (secondary N) is 1. The Balaban J connectivity index is 1.47. The molecule has 1 aliphatic rings. The molecule has 30 heavy (non-hydrogen) atoms. The molecule has 0 spiro atoms. The number of carbonyl (C=O) groups is 2. The number of aromatic nitrogens is 2. The highest BCUT2D eigenvalue weighted by atomic mass is 16.5. The van der Waals surface area contributed by atoms with E-state index in [0.29, 0.717) is 35.1 Å². The predicted octanol–water partition coefficient (Wildman–Crippen LogP) is 3.64. The minimum atomic E-state index is -0.292. The highest BCUT2D eigenvalue weighted by Gasteiger charge is 2.23. The molecule has 8 heteroatoms. The van der Waals surface area contributed by atoms with E-state index in [-0.39, 0.29) is 18.4 Å². The number of amides is 2. The predicted molar refractivity (Wildman–Crippen MR) is 111 cm³/mol. The summed E-state index contributed by atoms with van der Waals surface area (Å²) in [5.74, 6) is 1.13. The van der Waals surface area contributed by atoms with Gasteiger partial charge in [-0.25, -0.2) is 0 Å². The Hall–Kier alpha value is -3.68. The molecule has 154 valence electrons. The average Bonchev–Trinajstić information content (AvgIpc) is 3.34. The molecule has 8 nitrogen and oxygen atoms in total. The smallest absolute Gasteiger partial charge is 0.259 e. The monoisotopic (exact) mass is 406 g/mol. The van der Waals surface area contributed by atoms with Crippen molar-refractivity contribution in [2.45, 2.75) is 33.3 Å². The SMILES string of the molecule is Cc1nc(COc2ccccc2C(=O)Nc2ccc(N3CCCC3=O)c(C)c2)no1. The molecule has 0 bridgehead atoms. The Kier molecular flexibility index (Phi) is 5.47. The number of hydrogen-bond donors (Lipinski definition) is 1. The van der Waals surface area contributed by atoms with E-state index in [4.69, 9.17) is 9.26 Å². The summed E-state index contributed by atoms with van der Waals surface area (Å²) in [6, 6.07) is 12.5. The van der Waals surface area contributed by atoms with E-state index in [9.17, 15) is 9.59 Å². The lowest BCUT2D eigenvalue weighted by Gasteiger charge is -2.19. The van der Waals surface area contributed by atoms with Gasteiger partial charge in [0.15, 0.2) is 6.61 Å². The maximum atomic E-state index is 12.8. The van der Waals surface area contributed by atoms with Gasteiger partial charge in [-0.2, -0.15) is 4.98 Å². The highest BCUT2D eigenvalue weighted by molar-refractivity contribution is 6.06. The number of para-hydroxylation sites is 1. The third kappa shape index (κ3) is 4.17. The van der Waals surface area contributed by atoms with E-state index < -0.39 is 0 Å². The molecule has 3 aromatic rings. The first-order chi connectivity index (χ1) is 14.5. The number of anilines is 2. The fourth-order valence-corrected chi connectivity index (χ4v) is 3.46. The van der Waals surface area contributed by atoms with Gasteiger partial charge in [-0.1, -0.05) is 17.3 Å². The lowest BCUT2D eigenvalue weighted by Crippen LogP contribution is -2.24. The first kappa shape index (κ1) is 19.6. The summed E-state index contributed by atoms with van der Waals surface area (Å²) in [4.78, 5) is 30.7. The molecule has 1 fully saturated rings. The molecule has 0 radical (unpaired) electrons. The number of nitrogens with zero attached hydrogens (tertiary/aromatic N) is 3. The standard InChI is InChI=1S/C22H22N4O4/c1-14-12-16(9-10-18(14)26-11-5-8-21(26)27)24-22(28)17-6-3-4-7-19(17)29-13-20-23-15(2)30-25-20/h3-4,6-7,9-10,12H,5,8,11,13H2,1-2H3,(H,24,28). The fraction of sp³-hybridized carbons (Fsp3) is 0.273. The van der Waals surface area contributed by atoms with Gasteiger partial charge in [0.05, 0.1) is 5.56 Å². The molecule has 0 saturated carbocycles. The van der Waals surface area contributed by atoms with Crippen LogP contribution in [0, 0.1) is 13.8 Å². The molecule has 2 amide bonds. The van der Waals surface area contributed by atoms with E-state index in [1.165, 1.54) is 0 Å². The average molecular weight is 406 g/mol. The number of ether oxygens (including phenoxy) is 1. The van der Waals surface area contributed by atoms with Crippen molar-refractivity contribution in [2.75, 3.05) is 16.8 Å². The molecule has 1 aromatic heterocycles. The molecule has 0 atom stereocenters. The summed E-state index contributed by atoms with van der Waals surface area (Å²) in [5, 5.41) is 6.69. The first-order valence-corrected chi connectivity index (χ1v) is 9.74. The van der Waals surface area contributed by atoms with Crippen molar-refractivity contribution in [3.8, 4) is 5.75 Å². The Morgan fingerprint density at radius 3 is 2.77 bits per heavy atom. The summed E-state index contributed by atoms with van der Waals surface area (Å²) >= 11 is 0. The maximum Gasteiger partial charge on any atom is 0.259 e.